The first-order valence-corrected chi connectivity index (χ1v) is 6.73. The minimum Gasteiger partial charge on any atom is -0.482 e. The van der Waals surface area contributed by atoms with Crippen LogP contribution in [0.2, 0.25) is 0 Å². The van der Waals surface area contributed by atoms with Crippen molar-refractivity contribution in [2.45, 2.75) is 32.7 Å². The third-order valence-corrected chi connectivity index (χ3v) is 3.26. The summed E-state index contributed by atoms with van der Waals surface area (Å²) in [5.74, 6) is -0.261. The number of halogens is 2. The maximum Gasteiger partial charge on any atom is 0.258 e. The lowest BCUT2D eigenvalue weighted by atomic mass is 10.2. The molecule has 0 saturated heterocycles. The van der Waals surface area contributed by atoms with Gasteiger partial charge in [-0.05, 0) is 40.9 Å². The van der Waals surface area contributed by atoms with Crippen LogP contribution >= 0.6 is 15.9 Å². The van der Waals surface area contributed by atoms with E-state index in [2.05, 4.69) is 21.2 Å². The Labute approximate surface area is 115 Å². The molecule has 3 nitrogen and oxygen atoms in total. The highest BCUT2D eigenvalue weighted by atomic mass is 79.9. The summed E-state index contributed by atoms with van der Waals surface area (Å²) in [6.07, 6.45) is 1.76. The lowest BCUT2D eigenvalue weighted by Gasteiger charge is -2.15. The number of rotatable bonds is 6. The summed E-state index contributed by atoms with van der Waals surface area (Å²) in [6.45, 7) is 3.91. The van der Waals surface area contributed by atoms with Crippen molar-refractivity contribution in [2.75, 3.05) is 6.61 Å². The van der Waals surface area contributed by atoms with E-state index in [1.54, 1.807) is 6.07 Å². The smallest absolute Gasteiger partial charge is 0.258 e. The van der Waals surface area contributed by atoms with Crippen LogP contribution in [-0.2, 0) is 4.79 Å². The molecule has 1 aromatic carbocycles. The first-order valence-electron chi connectivity index (χ1n) is 5.94. The van der Waals surface area contributed by atoms with Gasteiger partial charge in [-0.1, -0.05) is 13.8 Å². The Bertz CT molecular complexity index is 408. The number of amides is 1. The average Bonchev–Trinajstić information content (AvgIpc) is 2.37. The maximum atomic E-state index is 13.0. The number of benzene rings is 1. The van der Waals surface area contributed by atoms with Gasteiger partial charge in [0, 0.05) is 12.1 Å². The molecule has 0 heterocycles. The summed E-state index contributed by atoms with van der Waals surface area (Å²) in [7, 11) is 0. The van der Waals surface area contributed by atoms with E-state index in [0.717, 1.165) is 12.8 Å². The quantitative estimate of drug-likeness (QED) is 0.874. The summed E-state index contributed by atoms with van der Waals surface area (Å²) < 4.78 is 18.9. The van der Waals surface area contributed by atoms with E-state index in [1.807, 2.05) is 13.8 Å². The Morgan fingerprint density at radius 2 is 2.11 bits per heavy atom. The molecule has 1 rings (SSSR count). The van der Waals surface area contributed by atoms with Crippen LogP contribution in [0, 0.1) is 5.82 Å². The van der Waals surface area contributed by atoms with Crippen LogP contribution in [0.5, 0.6) is 5.75 Å². The number of hydrogen-bond acceptors (Lipinski definition) is 2. The normalized spacial score (nSPS) is 10.5. The number of ether oxygens (including phenoxy) is 1. The van der Waals surface area contributed by atoms with Crippen molar-refractivity contribution in [1.29, 1.82) is 0 Å². The molecule has 100 valence electrons. The van der Waals surface area contributed by atoms with Crippen molar-refractivity contribution in [1.82, 2.24) is 5.32 Å². The molecule has 5 heteroatoms. The fourth-order valence-electron chi connectivity index (χ4n) is 1.49. The second-order valence-corrected chi connectivity index (χ2v) is 4.80. The molecule has 0 saturated carbocycles. The molecule has 0 aromatic heterocycles. The third-order valence-electron chi connectivity index (χ3n) is 2.60. The number of nitrogens with one attached hydrogen (secondary N) is 1. The zero-order chi connectivity index (χ0) is 13.5. The van der Waals surface area contributed by atoms with Crippen molar-refractivity contribution < 1.29 is 13.9 Å². The van der Waals surface area contributed by atoms with Crippen molar-refractivity contribution in [2.24, 2.45) is 0 Å². The second kappa shape index (κ2) is 7.36. The highest BCUT2D eigenvalue weighted by Gasteiger charge is 2.10. The first kappa shape index (κ1) is 15.0. The Morgan fingerprint density at radius 3 is 2.72 bits per heavy atom. The minimum absolute atomic E-state index is 0.113. The Balaban J connectivity index is 2.49. The van der Waals surface area contributed by atoms with Gasteiger partial charge >= 0.3 is 0 Å². The summed E-state index contributed by atoms with van der Waals surface area (Å²) in [5, 5.41) is 2.85. The molecule has 0 radical (unpaired) electrons. The van der Waals surface area contributed by atoms with E-state index in [4.69, 9.17) is 4.74 Å². The van der Waals surface area contributed by atoms with Crippen LogP contribution in [0.15, 0.2) is 22.7 Å². The zero-order valence-corrected chi connectivity index (χ0v) is 12.1. The van der Waals surface area contributed by atoms with Crippen LogP contribution in [0.25, 0.3) is 0 Å². The van der Waals surface area contributed by atoms with Gasteiger partial charge in [0.2, 0.25) is 0 Å². The van der Waals surface area contributed by atoms with Gasteiger partial charge in [-0.2, -0.15) is 0 Å². The van der Waals surface area contributed by atoms with Gasteiger partial charge in [-0.25, -0.2) is 4.39 Å². The molecule has 0 bridgehead atoms. The second-order valence-electron chi connectivity index (χ2n) is 3.94. The van der Waals surface area contributed by atoms with Gasteiger partial charge in [0.15, 0.2) is 6.61 Å². The standard InChI is InChI=1S/C13H17BrFNO2/c1-3-10(4-2)16-13(17)8-18-12-7-9(15)5-6-11(12)14/h5-7,10H,3-4,8H2,1-2H3,(H,16,17). The molecule has 1 N–H and O–H groups in total. The van der Waals surface area contributed by atoms with E-state index >= 15 is 0 Å². The van der Waals surface area contributed by atoms with Crippen LogP contribution in [0.3, 0.4) is 0 Å². The van der Waals surface area contributed by atoms with E-state index < -0.39 is 5.82 Å². The van der Waals surface area contributed by atoms with E-state index in [1.165, 1.54) is 12.1 Å². The van der Waals surface area contributed by atoms with Crippen molar-refractivity contribution in [3.8, 4) is 5.75 Å². The Morgan fingerprint density at radius 1 is 1.44 bits per heavy atom. The van der Waals surface area contributed by atoms with Crippen molar-refractivity contribution in [3.05, 3.63) is 28.5 Å². The average molecular weight is 318 g/mol. The molecule has 18 heavy (non-hydrogen) atoms. The molecule has 0 aliphatic heterocycles. The highest BCUT2D eigenvalue weighted by Crippen LogP contribution is 2.25. The van der Waals surface area contributed by atoms with Gasteiger partial charge in [0.25, 0.3) is 5.91 Å². The zero-order valence-electron chi connectivity index (χ0n) is 10.5. The van der Waals surface area contributed by atoms with E-state index in [-0.39, 0.29) is 18.6 Å². The van der Waals surface area contributed by atoms with Crippen LogP contribution < -0.4 is 10.1 Å². The maximum absolute atomic E-state index is 13.0. The molecule has 0 atom stereocenters. The lowest BCUT2D eigenvalue weighted by Crippen LogP contribution is -2.37. The number of hydrogen-bond donors (Lipinski definition) is 1. The Kier molecular flexibility index (Phi) is 6.12. The molecule has 0 aliphatic carbocycles. The molecule has 0 aliphatic rings. The third kappa shape index (κ3) is 4.64. The lowest BCUT2D eigenvalue weighted by molar-refractivity contribution is -0.123. The van der Waals surface area contributed by atoms with Crippen LogP contribution in [-0.4, -0.2) is 18.6 Å². The van der Waals surface area contributed by atoms with Crippen molar-refractivity contribution >= 4 is 21.8 Å². The number of carbonyl (C=O) groups excluding carboxylic acids is 1. The molecule has 0 fully saturated rings. The fourth-order valence-corrected chi connectivity index (χ4v) is 1.85. The van der Waals surface area contributed by atoms with Gasteiger partial charge in [0.1, 0.15) is 11.6 Å². The van der Waals surface area contributed by atoms with Gasteiger partial charge in [-0.3, -0.25) is 4.79 Å². The van der Waals surface area contributed by atoms with Gasteiger partial charge in [-0.15, -0.1) is 0 Å². The molecule has 0 spiro atoms. The molecular formula is C13H17BrFNO2. The number of carbonyl (C=O) groups is 1. The van der Waals surface area contributed by atoms with E-state index in [9.17, 15) is 9.18 Å². The summed E-state index contributed by atoms with van der Waals surface area (Å²) in [4.78, 5) is 11.6. The topological polar surface area (TPSA) is 38.3 Å². The summed E-state index contributed by atoms with van der Waals surface area (Å²) in [6, 6.07) is 4.27. The fraction of sp³-hybridized carbons (Fsp3) is 0.462. The SMILES string of the molecule is CCC(CC)NC(=O)COc1cc(F)ccc1Br. The van der Waals surface area contributed by atoms with Gasteiger partial charge < -0.3 is 10.1 Å². The summed E-state index contributed by atoms with van der Waals surface area (Å²) >= 11 is 3.24. The summed E-state index contributed by atoms with van der Waals surface area (Å²) in [5.41, 5.74) is 0. The minimum atomic E-state index is -0.395. The van der Waals surface area contributed by atoms with Crippen LogP contribution in [0.4, 0.5) is 4.39 Å². The predicted molar refractivity (Wildman–Crippen MR) is 72.1 cm³/mol. The first-order chi connectivity index (χ1) is 8.56. The molecule has 0 unspecified atom stereocenters. The molecular weight excluding hydrogens is 301 g/mol. The van der Waals surface area contributed by atoms with Crippen LogP contribution in [0.1, 0.15) is 26.7 Å². The van der Waals surface area contributed by atoms with E-state index in [0.29, 0.717) is 10.2 Å². The van der Waals surface area contributed by atoms with Crippen molar-refractivity contribution in [3.63, 3.8) is 0 Å². The highest BCUT2D eigenvalue weighted by molar-refractivity contribution is 9.10. The Hall–Kier alpha value is -1.10. The molecule has 1 amide bonds. The predicted octanol–water partition coefficient (Wildman–Crippen LogP) is 3.27. The largest absolute Gasteiger partial charge is 0.482 e. The molecule has 1 aromatic rings. The van der Waals surface area contributed by atoms with Gasteiger partial charge in [0.05, 0.1) is 4.47 Å². The monoisotopic (exact) mass is 317 g/mol.